The Labute approximate surface area is 82.4 Å². The van der Waals surface area contributed by atoms with Gasteiger partial charge >= 0.3 is 0 Å². The molecule has 0 aromatic carbocycles. The third kappa shape index (κ3) is 1.35. The first kappa shape index (κ1) is 8.74. The molecule has 0 saturated carbocycles. The number of aryl methyl sites for hydroxylation is 2. The Morgan fingerprint density at radius 2 is 2.21 bits per heavy atom. The maximum absolute atomic E-state index is 5.65. The second kappa shape index (κ2) is 3.14. The van der Waals surface area contributed by atoms with Crippen molar-refractivity contribution in [2.24, 2.45) is 7.05 Å². The van der Waals surface area contributed by atoms with Crippen molar-refractivity contribution in [1.82, 2.24) is 14.8 Å². The normalized spacial score (nSPS) is 10.4. The first-order valence-corrected chi connectivity index (χ1v) is 4.39. The van der Waals surface area contributed by atoms with Crippen LogP contribution >= 0.6 is 0 Å². The van der Waals surface area contributed by atoms with E-state index in [4.69, 9.17) is 5.73 Å². The summed E-state index contributed by atoms with van der Waals surface area (Å²) < 4.78 is 1.81. The molecule has 4 heteroatoms. The highest BCUT2D eigenvalue weighted by atomic mass is 15.3. The maximum Gasteiger partial charge on any atom is 0.126 e. The minimum atomic E-state index is 0.580. The molecule has 0 saturated heterocycles. The predicted octanol–water partition coefficient (Wildman–Crippen LogP) is 1.37. The zero-order valence-electron chi connectivity index (χ0n) is 8.23. The van der Waals surface area contributed by atoms with E-state index >= 15 is 0 Å². The van der Waals surface area contributed by atoms with E-state index in [9.17, 15) is 0 Å². The van der Waals surface area contributed by atoms with Gasteiger partial charge in [-0.25, -0.2) is 4.98 Å². The van der Waals surface area contributed by atoms with Crippen LogP contribution in [0.25, 0.3) is 11.3 Å². The summed E-state index contributed by atoms with van der Waals surface area (Å²) in [5, 5.41) is 4.10. The van der Waals surface area contributed by atoms with E-state index in [-0.39, 0.29) is 0 Å². The Bertz CT molecular complexity index is 459. The number of hydrogen-bond acceptors (Lipinski definition) is 3. The molecule has 0 atom stereocenters. The minimum Gasteiger partial charge on any atom is -0.383 e. The summed E-state index contributed by atoms with van der Waals surface area (Å²) in [6.45, 7) is 1.95. The number of nitrogens with zero attached hydrogens (tertiary/aromatic N) is 3. The lowest BCUT2D eigenvalue weighted by molar-refractivity contribution is 0.775. The van der Waals surface area contributed by atoms with Crippen LogP contribution in [0.1, 0.15) is 5.56 Å². The van der Waals surface area contributed by atoms with E-state index in [1.54, 1.807) is 12.4 Å². The van der Waals surface area contributed by atoms with Gasteiger partial charge in [-0.05, 0) is 24.6 Å². The predicted molar refractivity (Wildman–Crippen MR) is 55.6 cm³/mol. The van der Waals surface area contributed by atoms with Crippen LogP contribution in [0.5, 0.6) is 0 Å². The fourth-order valence-electron chi connectivity index (χ4n) is 1.38. The highest BCUT2D eigenvalue weighted by Gasteiger charge is 2.04. The van der Waals surface area contributed by atoms with Crippen LogP contribution in [0.3, 0.4) is 0 Å². The minimum absolute atomic E-state index is 0.580. The summed E-state index contributed by atoms with van der Waals surface area (Å²) in [7, 11) is 1.90. The highest BCUT2D eigenvalue weighted by molar-refractivity contribution is 5.61. The molecule has 2 aromatic heterocycles. The monoisotopic (exact) mass is 188 g/mol. The highest BCUT2D eigenvalue weighted by Crippen LogP contribution is 2.20. The van der Waals surface area contributed by atoms with Crippen LogP contribution in [-0.4, -0.2) is 14.8 Å². The molecule has 0 spiro atoms. The molecular formula is C10H12N4. The van der Waals surface area contributed by atoms with E-state index in [0.717, 1.165) is 16.8 Å². The van der Waals surface area contributed by atoms with E-state index in [1.807, 2.05) is 30.8 Å². The molecule has 0 aliphatic heterocycles. The fourth-order valence-corrected chi connectivity index (χ4v) is 1.38. The summed E-state index contributed by atoms with van der Waals surface area (Å²) in [6, 6.07) is 3.96. The third-order valence-electron chi connectivity index (χ3n) is 2.24. The Kier molecular flexibility index (Phi) is 1.96. The van der Waals surface area contributed by atoms with Gasteiger partial charge in [-0.1, -0.05) is 0 Å². The number of anilines is 1. The Hall–Kier alpha value is -1.84. The summed E-state index contributed by atoms with van der Waals surface area (Å²) in [5.74, 6) is 0.580. The van der Waals surface area contributed by atoms with Gasteiger partial charge in [-0.2, -0.15) is 5.10 Å². The van der Waals surface area contributed by atoms with Crippen molar-refractivity contribution < 1.29 is 0 Å². The van der Waals surface area contributed by atoms with Gasteiger partial charge in [0.15, 0.2) is 0 Å². The molecule has 0 bridgehead atoms. The van der Waals surface area contributed by atoms with E-state index < -0.39 is 0 Å². The molecule has 0 amide bonds. The van der Waals surface area contributed by atoms with Crippen LogP contribution in [-0.2, 0) is 7.05 Å². The van der Waals surface area contributed by atoms with Crippen molar-refractivity contribution in [3.8, 4) is 11.3 Å². The van der Waals surface area contributed by atoms with Crippen molar-refractivity contribution in [1.29, 1.82) is 0 Å². The number of rotatable bonds is 1. The number of hydrogen-bond donors (Lipinski definition) is 1. The molecule has 2 N–H and O–H groups in total. The molecule has 0 radical (unpaired) electrons. The zero-order chi connectivity index (χ0) is 10.1. The van der Waals surface area contributed by atoms with Crippen LogP contribution < -0.4 is 5.73 Å². The summed E-state index contributed by atoms with van der Waals surface area (Å²) >= 11 is 0. The van der Waals surface area contributed by atoms with E-state index in [0.29, 0.717) is 5.82 Å². The Balaban J connectivity index is 2.53. The summed E-state index contributed by atoms with van der Waals surface area (Å²) in [5.41, 5.74) is 8.72. The van der Waals surface area contributed by atoms with Gasteiger partial charge in [0.2, 0.25) is 0 Å². The molecule has 0 aliphatic rings. The molecular weight excluding hydrogens is 176 g/mol. The van der Waals surface area contributed by atoms with Gasteiger partial charge in [0.1, 0.15) is 5.82 Å². The van der Waals surface area contributed by atoms with Crippen LogP contribution in [0.15, 0.2) is 24.5 Å². The lowest BCUT2D eigenvalue weighted by Gasteiger charge is -2.04. The smallest absolute Gasteiger partial charge is 0.126 e. The zero-order valence-corrected chi connectivity index (χ0v) is 8.23. The Morgan fingerprint density at radius 3 is 2.79 bits per heavy atom. The van der Waals surface area contributed by atoms with Crippen molar-refractivity contribution in [2.45, 2.75) is 6.92 Å². The van der Waals surface area contributed by atoms with Crippen molar-refractivity contribution in [3.63, 3.8) is 0 Å². The topological polar surface area (TPSA) is 56.7 Å². The summed E-state index contributed by atoms with van der Waals surface area (Å²) in [6.07, 6.45) is 3.53. The summed E-state index contributed by atoms with van der Waals surface area (Å²) in [4.78, 5) is 4.11. The van der Waals surface area contributed by atoms with Gasteiger partial charge in [-0.15, -0.1) is 0 Å². The first-order chi connectivity index (χ1) is 6.68. The SMILES string of the molecule is Cc1cc(-c2ccnn2C)cnc1N. The maximum atomic E-state index is 5.65. The second-order valence-corrected chi connectivity index (χ2v) is 3.27. The molecule has 0 fully saturated rings. The quantitative estimate of drug-likeness (QED) is 0.735. The van der Waals surface area contributed by atoms with Crippen LogP contribution in [0.2, 0.25) is 0 Å². The van der Waals surface area contributed by atoms with Crippen molar-refractivity contribution in [2.75, 3.05) is 5.73 Å². The Morgan fingerprint density at radius 1 is 1.43 bits per heavy atom. The molecule has 2 rings (SSSR count). The molecule has 0 aliphatic carbocycles. The number of pyridine rings is 1. The molecule has 4 nitrogen and oxygen atoms in total. The van der Waals surface area contributed by atoms with Crippen molar-refractivity contribution >= 4 is 5.82 Å². The van der Waals surface area contributed by atoms with E-state index in [1.165, 1.54) is 0 Å². The van der Waals surface area contributed by atoms with Gasteiger partial charge in [0, 0.05) is 25.0 Å². The van der Waals surface area contributed by atoms with Gasteiger partial charge < -0.3 is 5.73 Å². The molecule has 72 valence electrons. The molecule has 14 heavy (non-hydrogen) atoms. The van der Waals surface area contributed by atoms with Crippen LogP contribution in [0, 0.1) is 6.92 Å². The van der Waals surface area contributed by atoms with Gasteiger partial charge in [-0.3, -0.25) is 4.68 Å². The first-order valence-electron chi connectivity index (χ1n) is 4.39. The lowest BCUT2D eigenvalue weighted by atomic mass is 10.1. The molecule has 0 unspecified atom stereocenters. The standard InChI is InChI=1S/C10H12N4/c1-7-5-8(6-12-10(7)11)9-3-4-13-14(9)2/h3-6H,1-2H3,(H2,11,12). The number of nitrogens with two attached hydrogens (primary N) is 1. The lowest BCUT2D eigenvalue weighted by Crippen LogP contribution is -1.97. The average Bonchev–Trinajstić information content (AvgIpc) is 2.57. The van der Waals surface area contributed by atoms with Crippen LogP contribution in [0.4, 0.5) is 5.82 Å². The second-order valence-electron chi connectivity index (χ2n) is 3.27. The number of nitrogen functional groups attached to an aromatic ring is 1. The van der Waals surface area contributed by atoms with Crippen molar-refractivity contribution in [3.05, 3.63) is 30.1 Å². The number of aromatic nitrogens is 3. The molecule has 2 heterocycles. The average molecular weight is 188 g/mol. The van der Waals surface area contributed by atoms with Gasteiger partial charge in [0.25, 0.3) is 0 Å². The molecule has 2 aromatic rings. The largest absolute Gasteiger partial charge is 0.383 e. The third-order valence-corrected chi connectivity index (χ3v) is 2.24. The van der Waals surface area contributed by atoms with Gasteiger partial charge in [0.05, 0.1) is 5.69 Å². The van der Waals surface area contributed by atoms with E-state index in [2.05, 4.69) is 10.1 Å². The fraction of sp³-hybridized carbons (Fsp3) is 0.200.